The summed E-state index contributed by atoms with van der Waals surface area (Å²) in [6, 6.07) is 9.30. The van der Waals surface area contributed by atoms with Gasteiger partial charge in [-0.05, 0) is 24.3 Å². The van der Waals surface area contributed by atoms with Gasteiger partial charge in [0.25, 0.3) is 0 Å². The van der Waals surface area contributed by atoms with E-state index >= 15 is 0 Å². The molecule has 3 rings (SSSR count). The number of phenolic OH excluding ortho intramolecular Hbond substituents is 2. The maximum Gasteiger partial charge on any atom is 0.150 e. The van der Waals surface area contributed by atoms with Crippen LogP contribution >= 0.6 is 0 Å². The van der Waals surface area contributed by atoms with Gasteiger partial charge < -0.3 is 10.2 Å². The van der Waals surface area contributed by atoms with Crippen molar-refractivity contribution in [1.29, 1.82) is 0 Å². The van der Waals surface area contributed by atoms with E-state index in [-0.39, 0.29) is 11.5 Å². The minimum Gasteiger partial charge on any atom is -0.507 e. The number of hydrogen-bond acceptors (Lipinski definition) is 4. The van der Waals surface area contributed by atoms with E-state index in [2.05, 4.69) is 0 Å². The number of benzene rings is 3. The summed E-state index contributed by atoms with van der Waals surface area (Å²) in [7, 11) is 0. The molecular weight excluding hydrogens is 256 g/mol. The number of aldehydes is 2. The fraction of sp³-hybridized carbons (Fsp3) is 0. The predicted octanol–water partition coefficient (Wildman–Crippen LogP) is 3.03. The first kappa shape index (κ1) is 12.2. The first-order valence-electron chi connectivity index (χ1n) is 5.97. The van der Waals surface area contributed by atoms with E-state index in [1.807, 2.05) is 0 Å². The van der Waals surface area contributed by atoms with E-state index in [9.17, 15) is 19.8 Å². The van der Waals surface area contributed by atoms with Crippen LogP contribution in [0.5, 0.6) is 11.5 Å². The van der Waals surface area contributed by atoms with Gasteiger partial charge in [0.05, 0.1) is 0 Å². The molecule has 0 saturated heterocycles. The molecule has 4 nitrogen and oxygen atoms in total. The largest absolute Gasteiger partial charge is 0.507 e. The second-order valence-corrected chi connectivity index (χ2v) is 4.54. The molecule has 3 aromatic rings. The van der Waals surface area contributed by atoms with Crippen LogP contribution in [0.1, 0.15) is 20.7 Å². The molecule has 98 valence electrons. The van der Waals surface area contributed by atoms with Gasteiger partial charge in [-0.3, -0.25) is 9.59 Å². The fourth-order valence-electron chi connectivity index (χ4n) is 2.37. The molecule has 0 bridgehead atoms. The highest BCUT2D eigenvalue weighted by atomic mass is 16.3. The molecule has 0 atom stereocenters. The van der Waals surface area contributed by atoms with E-state index in [0.717, 1.165) is 0 Å². The van der Waals surface area contributed by atoms with Crippen molar-refractivity contribution >= 4 is 34.1 Å². The molecule has 0 aliphatic heterocycles. The van der Waals surface area contributed by atoms with E-state index in [0.29, 0.717) is 45.2 Å². The molecular formula is C16H10O4. The van der Waals surface area contributed by atoms with Crippen LogP contribution in [0.2, 0.25) is 0 Å². The average Bonchev–Trinajstić information content (AvgIpc) is 2.51. The van der Waals surface area contributed by atoms with Gasteiger partial charge >= 0.3 is 0 Å². The average molecular weight is 266 g/mol. The standard InChI is InChI=1S/C16H10O4/c17-7-9-1-3-11-13(5-9)16(20)12-4-2-10(8-18)6-14(12)15(11)19/h1-8,19-20H. The van der Waals surface area contributed by atoms with Crippen molar-refractivity contribution in [3.05, 3.63) is 47.5 Å². The lowest BCUT2D eigenvalue weighted by Gasteiger charge is -2.10. The summed E-state index contributed by atoms with van der Waals surface area (Å²) in [5, 5.41) is 22.3. The van der Waals surface area contributed by atoms with Gasteiger partial charge in [0.2, 0.25) is 0 Å². The summed E-state index contributed by atoms with van der Waals surface area (Å²) in [5.74, 6) is -0.0390. The van der Waals surface area contributed by atoms with E-state index in [4.69, 9.17) is 0 Å². The second-order valence-electron chi connectivity index (χ2n) is 4.54. The van der Waals surface area contributed by atoms with E-state index in [1.165, 1.54) is 12.1 Å². The number of hydrogen-bond donors (Lipinski definition) is 2. The van der Waals surface area contributed by atoms with Crippen molar-refractivity contribution in [3.8, 4) is 11.5 Å². The third-order valence-electron chi connectivity index (χ3n) is 3.38. The Morgan fingerprint density at radius 3 is 1.40 bits per heavy atom. The lowest BCUT2D eigenvalue weighted by molar-refractivity contribution is 0.111. The van der Waals surface area contributed by atoms with Crippen LogP contribution in [0.25, 0.3) is 21.5 Å². The van der Waals surface area contributed by atoms with Crippen molar-refractivity contribution in [2.75, 3.05) is 0 Å². The maximum atomic E-state index is 10.8. The molecule has 0 unspecified atom stereocenters. The molecule has 0 aliphatic rings. The van der Waals surface area contributed by atoms with Gasteiger partial charge in [-0.2, -0.15) is 0 Å². The van der Waals surface area contributed by atoms with Crippen molar-refractivity contribution in [3.63, 3.8) is 0 Å². The monoisotopic (exact) mass is 266 g/mol. The summed E-state index contributed by atoms with van der Waals surface area (Å²) >= 11 is 0. The van der Waals surface area contributed by atoms with Gasteiger partial charge in [-0.1, -0.05) is 12.1 Å². The molecule has 0 radical (unpaired) electrons. The van der Waals surface area contributed by atoms with Crippen LogP contribution < -0.4 is 0 Å². The number of carbonyl (C=O) groups excluding carboxylic acids is 2. The Morgan fingerprint density at radius 2 is 1.05 bits per heavy atom. The Kier molecular flexibility index (Phi) is 2.64. The summed E-state index contributed by atoms with van der Waals surface area (Å²) in [6.45, 7) is 0. The predicted molar refractivity (Wildman–Crippen MR) is 75.6 cm³/mol. The van der Waals surface area contributed by atoms with Crippen molar-refractivity contribution in [2.45, 2.75) is 0 Å². The lowest BCUT2D eigenvalue weighted by atomic mass is 9.98. The number of aromatic hydroxyl groups is 2. The van der Waals surface area contributed by atoms with Crippen molar-refractivity contribution in [1.82, 2.24) is 0 Å². The molecule has 3 aromatic carbocycles. The Hall–Kier alpha value is -2.88. The first-order chi connectivity index (χ1) is 9.65. The van der Waals surface area contributed by atoms with Gasteiger partial charge in [0.1, 0.15) is 24.1 Å². The van der Waals surface area contributed by atoms with Crippen LogP contribution in [-0.4, -0.2) is 22.8 Å². The topological polar surface area (TPSA) is 74.6 Å². The minimum atomic E-state index is -0.0195. The van der Waals surface area contributed by atoms with Gasteiger partial charge in [0.15, 0.2) is 0 Å². The Bertz CT molecular complexity index is 792. The summed E-state index contributed by atoms with van der Waals surface area (Å²) in [6.07, 6.45) is 1.35. The Balaban J connectivity index is 2.52. The molecule has 20 heavy (non-hydrogen) atoms. The van der Waals surface area contributed by atoms with Crippen molar-refractivity contribution < 1.29 is 19.8 Å². The summed E-state index contributed by atoms with van der Waals surface area (Å²) < 4.78 is 0. The zero-order chi connectivity index (χ0) is 14.3. The number of fused-ring (bicyclic) bond motifs is 2. The molecule has 2 N–H and O–H groups in total. The van der Waals surface area contributed by atoms with Crippen LogP contribution in [0.4, 0.5) is 0 Å². The molecule has 0 aliphatic carbocycles. The second kappa shape index (κ2) is 4.35. The number of phenols is 2. The van der Waals surface area contributed by atoms with Gasteiger partial charge in [-0.15, -0.1) is 0 Å². The third-order valence-corrected chi connectivity index (χ3v) is 3.38. The van der Waals surface area contributed by atoms with E-state index < -0.39 is 0 Å². The van der Waals surface area contributed by atoms with E-state index in [1.54, 1.807) is 24.3 Å². The van der Waals surface area contributed by atoms with Crippen LogP contribution in [0.15, 0.2) is 36.4 Å². The quantitative estimate of drug-likeness (QED) is 0.424. The van der Waals surface area contributed by atoms with Gasteiger partial charge in [-0.25, -0.2) is 0 Å². The summed E-state index contributed by atoms with van der Waals surface area (Å²) in [5.41, 5.74) is 0.826. The number of carbonyl (C=O) groups is 2. The smallest absolute Gasteiger partial charge is 0.150 e. The maximum absolute atomic E-state index is 10.8. The zero-order valence-electron chi connectivity index (χ0n) is 10.3. The zero-order valence-corrected chi connectivity index (χ0v) is 10.3. The highest BCUT2D eigenvalue weighted by molar-refractivity contribution is 6.12. The van der Waals surface area contributed by atoms with Crippen molar-refractivity contribution in [2.24, 2.45) is 0 Å². The SMILES string of the molecule is O=Cc1ccc2c(O)c3cc(C=O)ccc3c(O)c2c1. The molecule has 0 fully saturated rings. The van der Waals surface area contributed by atoms with Crippen LogP contribution in [0.3, 0.4) is 0 Å². The number of rotatable bonds is 2. The molecule has 0 amide bonds. The molecule has 0 spiro atoms. The van der Waals surface area contributed by atoms with Crippen LogP contribution in [-0.2, 0) is 0 Å². The first-order valence-corrected chi connectivity index (χ1v) is 5.97. The third kappa shape index (κ3) is 1.62. The molecule has 4 heteroatoms. The lowest BCUT2D eigenvalue weighted by Crippen LogP contribution is -1.86. The van der Waals surface area contributed by atoms with Gasteiger partial charge in [0, 0.05) is 32.7 Å². The van der Waals surface area contributed by atoms with Crippen LogP contribution in [0, 0.1) is 0 Å². The molecule has 0 heterocycles. The Morgan fingerprint density at radius 1 is 0.650 bits per heavy atom. The highest BCUT2D eigenvalue weighted by Gasteiger charge is 2.13. The normalized spacial score (nSPS) is 10.8. The Labute approximate surface area is 113 Å². The molecule has 0 aromatic heterocycles. The fourth-order valence-corrected chi connectivity index (χ4v) is 2.37. The minimum absolute atomic E-state index is 0.0195. The summed E-state index contributed by atoms with van der Waals surface area (Å²) in [4.78, 5) is 21.6. The highest BCUT2D eigenvalue weighted by Crippen LogP contribution is 2.41. The molecule has 0 saturated carbocycles.